The van der Waals surface area contributed by atoms with Crippen LogP contribution in [0.2, 0.25) is 0 Å². The fourth-order valence-corrected chi connectivity index (χ4v) is 2.29. The Morgan fingerprint density at radius 2 is 1.90 bits per heavy atom. The molecule has 0 unspecified atom stereocenters. The summed E-state index contributed by atoms with van der Waals surface area (Å²) in [6, 6.07) is 14.3. The molecule has 0 spiro atoms. The Kier molecular flexibility index (Phi) is 4.99. The van der Waals surface area contributed by atoms with Crippen LogP contribution in [0, 0.1) is 6.92 Å². The molecule has 0 radical (unpaired) electrons. The third-order valence-electron chi connectivity index (χ3n) is 3.44. The summed E-state index contributed by atoms with van der Waals surface area (Å²) >= 11 is 0. The van der Waals surface area contributed by atoms with E-state index in [9.17, 15) is 4.79 Å². The minimum absolute atomic E-state index is 0.187. The predicted molar refractivity (Wildman–Crippen MR) is 83.5 cm³/mol. The number of benzene rings is 2. The van der Waals surface area contributed by atoms with Crippen molar-refractivity contribution < 1.29 is 14.3 Å². The highest BCUT2D eigenvalue weighted by Crippen LogP contribution is 2.31. The van der Waals surface area contributed by atoms with Crippen LogP contribution in [0.4, 0.5) is 0 Å². The van der Waals surface area contributed by atoms with Crippen molar-refractivity contribution >= 4 is 5.97 Å². The standard InChI is InChI=1S/C18H20O3/c1-13-7-9-17(20-2)16(11-13)15-6-4-5-14(12-15)8-10-18(19)21-3/h4-7,9,11-12H,8,10H2,1-3H3. The van der Waals surface area contributed by atoms with Crippen molar-refractivity contribution in [1.29, 1.82) is 0 Å². The van der Waals surface area contributed by atoms with E-state index in [1.165, 1.54) is 12.7 Å². The fourth-order valence-electron chi connectivity index (χ4n) is 2.29. The summed E-state index contributed by atoms with van der Waals surface area (Å²) in [5, 5.41) is 0. The van der Waals surface area contributed by atoms with Crippen molar-refractivity contribution in [3.63, 3.8) is 0 Å². The van der Waals surface area contributed by atoms with Gasteiger partial charge in [-0.15, -0.1) is 0 Å². The van der Waals surface area contributed by atoms with E-state index >= 15 is 0 Å². The maximum atomic E-state index is 11.2. The molecule has 0 saturated heterocycles. The van der Waals surface area contributed by atoms with Gasteiger partial charge < -0.3 is 9.47 Å². The Bertz CT molecular complexity index is 632. The molecule has 3 heteroatoms. The summed E-state index contributed by atoms with van der Waals surface area (Å²) < 4.78 is 10.1. The molecule has 3 nitrogen and oxygen atoms in total. The summed E-state index contributed by atoms with van der Waals surface area (Å²) in [6.07, 6.45) is 1.07. The number of methoxy groups -OCH3 is 2. The number of carbonyl (C=O) groups excluding carboxylic acids is 1. The number of hydrogen-bond acceptors (Lipinski definition) is 3. The topological polar surface area (TPSA) is 35.5 Å². The van der Waals surface area contributed by atoms with Gasteiger partial charge in [0.25, 0.3) is 0 Å². The molecule has 0 aromatic heterocycles. The smallest absolute Gasteiger partial charge is 0.305 e. The van der Waals surface area contributed by atoms with Gasteiger partial charge in [-0.2, -0.15) is 0 Å². The van der Waals surface area contributed by atoms with Crippen molar-refractivity contribution in [2.45, 2.75) is 19.8 Å². The highest BCUT2D eigenvalue weighted by Gasteiger charge is 2.08. The van der Waals surface area contributed by atoms with Crippen LogP contribution < -0.4 is 4.74 Å². The first-order valence-electron chi connectivity index (χ1n) is 6.95. The Balaban J connectivity index is 2.28. The molecule has 0 fully saturated rings. The molecule has 21 heavy (non-hydrogen) atoms. The van der Waals surface area contributed by atoms with Gasteiger partial charge in [-0.3, -0.25) is 4.79 Å². The lowest BCUT2D eigenvalue weighted by molar-refractivity contribution is -0.140. The normalized spacial score (nSPS) is 10.2. The number of aryl methyl sites for hydroxylation is 2. The number of ether oxygens (including phenoxy) is 2. The second kappa shape index (κ2) is 6.93. The largest absolute Gasteiger partial charge is 0.496 e. The first-order chi connectivity index (χ1) is 10.1. The quantitative estimate of drug-likeness (QED) is 0.784. The van der Waals surface area contributed by atoms with Crippen LogP contribution in [0.25, 0.3) is 11.1 Å². The van der Waals surface area contributed by atoms with Crippen LogP contribution in [0.15, 0.2) is 42.5 Å². The van der Waals surface area contributed by atoms with Gasteiger partial charge in [0.2, 0.25) is 0 Å². The minimum atomic E-state index is -0.187. The molecule has 2 aromatic carbocycles. The van der Waals surface area contributed by atoms with Gasteiger partial charge >= 0.3 is 5.97 Å². The van der Waals surface area contributed by atoms with Crippen LogP contribution >= 0.6 is 0 Å². The summed E-state index contributed by atoms with van der Waals surface area (Å²) in [5.74, 6) is 0.666. The molecule has 0 bridgehead atoms. The average Bonchev–Trinajstić information content (AvgIpc) is 2.52. The summed E-state index contributed by atoms with van der Waals surface area (Å²) in [7, 11) is 3.09. The van der Waals surface area contributed by atoms with E-state index in [0.717, 1.165) is 22.4 Å². The lowest BCUT2D eigenvalue weighted by Crippen LogP contribution is -2.01. The van der Waals surface area contributed by atoms with Gasteiger partial charge in [0.15, 0.2) is 0 Å². The monoisotopic (exact) mass is 284 g/mol. The number of esters is 1. The van der Waals surface area contributed by atoms with E-state index in [4.69, 9.17) is 4.74 Å². The summed E-state index contributed by atoms with van der Waals surface area (Å²) in [4.78, 5) is 11.2. The molecule has 2 aromatic rings. The number of rotatable bonds is 5. The predicted octanol–water partition coefficient (Wildman–Crippen LogP) is 3.78. The highest BCUT2D eigenvalue weighted by molar-refractivity contribution is 5.72. The fraction of sp³-hybridized carbons (Fsp3) is 0.278. The third kappa shape index (κ3) is 3.85. The molecule has 0 heterocycles. The lowest BCUT2D eigenvalue weighted by atomic mass is 9.99. The molecule has 0 atom stereocenters. The number of hydrogen-bond donors (Lipinski definition) is 0. The van der Waals surface area contributed by atoms with Gasteiger partial charge in [-0.05, 0) is 36.6 Å². The SMILES string of the molecule is COC(=O)CCc1cccc(-c2cc(C)ccc2OC)c1. The van der Waals surface area contributed by atoms with E-state index in [-0.39, 0.29) is 5.97 Å². The third-order valence-corrected chi connectivity index (χ3v) is 3.44. The zero-order valence-electron chi connectivity index (χ0n) is 12.7. The summed E-state index contributed by atoms with van der Waals surface area (Å²) in [5.41, 5.74) is 4.46. The minimum Gasteiger partial charge on any atom is -0.496 e. The van der Waals surface area contributed by atoms with E-state index in [1.54, 1.807) is 7.11 Å². The Morgan fingerprint density at radius 1 is 1.10 bits per heavy atom. The Labute approximate surface area is 125 Å². The second-order valence-electron chi connectivity index (χ2n) is 4.98. The molecular weight excluding hydrogens is 264 g/mol. The van der Waals surface area contributed by atoms with Crippen LogP contribution in [0.5, 0.6) is 5.75 Å². The molecule has 0 amide bonds. The molecule has 0 N–H and O–H groups in total. The van der Waals surface area contributed by atoms with Crippen molar-refractivity contribution in [3.8, 4) is 16.9 Å². The van der Waals surface area contributed by atoms with Gasteiger partial charge in [-0.25, -0.2) is 0 Å². The van der Waals surface area contributed by atoms with Crippen LogP contribution in [0.1, 0.15) is 17.5 Å². The van der Waals surface area contributed by atoms with Crippen molar-refractivity contribution in [1.82, 2.24) is 0 Å². The average molecular weight is 284 g/mol. The molecule has 0 aliphatic heterocycles. The maximum absolute atomic E-state index is 11.2. The molecular formula is C18H20O3. The molecule has 0 aliphatic carbocycles. The van der Waals surface area contributed by atoms with E-state index in [2.05, 4.69) is 29.9 Å². The van der Waals surface area contributed by atoms with Crippen molar-refractivity contribution in [2.24, 2.45) is 0 Å². The molecule has 0 saturated carbocycles. The van der Waals surface area contributed by atoms with Gasteiger partial charge in [0.1, 0.15) is 5.75 Å². The lowest BCUT2D eigenvalue weighted by Gasteiger charge is -2.11. The van der Waals surface area contributed by atoms with Crippen LogP contribution in [-0.4, -0.2) is 20.2 Å². The maximum Gasteiger partial charge on any atom is 0.305 e. The van der Waals surface area contributed by atoms with Crippen LogP contribution in [0.3, 0.4) is 0 Å². The molecule has 0 aliphatic rings. The first kappa shape index (κ1) is 15.1. The molecule has 2 rings (SSSR count). The zero-order valence-corrected chi connectivity index (χ0v) is 12.7. The number of carbonyl (C=O) groups is 1. The van der Waals surface area contributed by atoms with E-state index < -0.39 is 0 Å². The Morgan fingerprint density at radius 3 is 2.62 bits per heavy atom. The van der Waals surface area contributed by atoms with Gasteiger partial charge in [0, 0.05) is 12.0 Å². The highest BCUT2D eigenvalue weighted by atomic mass is 16.5. The Hall–Kier alpha value is -2.29. The van der Waals surface area contributed by atoms with Gasteiger partial charge in [-0.1, -0.05) is 35.9 Å². The van der Waals surface area contributed by atoms with Crippen molar-refractivity contribution in [3.05, 3.63) is 53.6 Å². The van der Waals surface area contributed by atoms with E-state index in [0.29, 0.717) is 12.8 Å². The van der Waals surface area contributed by atoms with Crippen molar-refractivity contribution in [2.75, 3.05) is 14.2 Å². The van der Waals surface area contributed by atoms with Crippen LogP contribution in [-0.2, 0) is 16.0 Å². The van der Waals surface area contributed by atoms with E-state index in [1.807, 2.05) is 24.3 Å². The first-order valence-corrected chi connectivity index (χ1v) is 6.95. The second-order valence-corrected chi connectivity index (χ2v) is 4.98. The summed E-state index contributed by atoms with van der Waals surface area (Å²) in [6.45, 7) is 2.06. The molecule has 110 valence electrons. The zero-order chi connectivity index (χ0) is 15.2. The van der Waals surface area contributed by atoms with Gasteiger partial charge in [0.05, 0.1) is 14.2 Å².